The molecule has 1 aliphatic rings. The Morgan fingerprint density at radius 1 is 1.42 bits per heavy atom. The number of nitrogens with one attached hydrogen (secondary N) is 1. The van der Waals surface area contributed by atoms with Gasteiger partial charge in [-0.3, -0.25) is 4.79 Å². The van der Waals surface area contributed by atoms with E-state index in [-0.39, 0.29) is 18.4 Å². The quantitative estimate of drug-likeness (QED) is 0.584. The van der Waals surface area contributed by atoms with Crippen LogP contribution in [0.4, 0.5) is 11.4 Å². The molecule has 0 saturated carbocycles. The highest BCUT2D eigenvalue weighted by atomic mass is 16.3. The lowest BCUT2D eigenvalue weighted by Gasteiger charge is -2.21. The molecular formula is C13H18N4O2. The number of benzene rings is 1. The highest BCUT2D eigenvalue weighted by Crippen LogP contribution is 2.28. The van der Waals surface area contributed by atoms with Gasteiger partial charge in [-0.2, -0.15) is 5.10 Å². The third-order valence-electron chi connectivity index (χ3n) is 3.29. The van der Waals surface area contributed by atoms with Crippen molar-refractivity contribution in [3.63, 3.8) is 0 Å². The number of amides is 1. The molecule has 1 atom stereocenters. The first kappa shape index (κ1) is 13.4. The second-order valence-electron chi connectivity index (χ2n) is 4.71. The van der Waals surface area contributed by atoms with Crippen LogP contribution in [-0.2, 0) is 11.2 Å². The summed E-state index contributed by atoms with van der Waals surface area (Å²) >= 11 is 0. The zero-order valence-corrected chi connectivity index (χ0v) is 10.8. The fourth-order valence-electron chi connectivity index (χ4n) is 2.22. The van der Waals surface area contributed by atoms with E-state index in [1.807, 2.05) is 19.1 Å². The molecule has 0 bridgehead atoms. The number of carbonyl (C=O) groups is 1. The summed E-state index contributed by atoms with van der Waals surface area (Å²) in [4.78, 5) is 11.2. The van der Waals surface area contributed by atoms with E-state index in [0.29, 0.717) is 24.2 Å². The van der Waals surface area contributed by atoms with Gasteiger partial charge >= 0.3 is 0 Å². The molecule has 0 spiro atoms. The summed E-state index contributed by atoms with van der Waals surface area (Å²) in [6.45, 7) is 1.95. The zero-order valence-electron chi connectivity index (χ0n) is 10.8. The SMILES string of the molecule is CC1CC(=O)NN=C1c1ccc(CCO)c(N)c1N. The predicted molar refractivity (Wildman–Crippen MR) is 74.5 cm³/mol. The third-order valence-corrected chi connectivity index (χ3v) is 3.29. The summed E-state index contributed by atoms with van der Waals surface area (Å²) in [5.74, 6) is -0.0983. The highest BCUT2D eigenvalue weighted by Gasteiger charge is 2.24. The van der Waals surface area contributed by atoms with Gasteiger partial charge in [0.25, 0.3) is 0 Å². The van der Waals surface area contributed by atoms with E-state index in [1.54, 1.807) is 0 Å². The third kappa shape index (κ3) is 2.53. The molecule has 6 heteroatoms. The Labute approximate surface area is 111 Å². The fourth-order valence-corrected chi connectivity index (χ4v) is 2.22. The van der Waals surface area contributed by atoms with E-state index in [1.165, 1.54) is 0 Å². The van der Waals surface area contributed by atoms with Crippen molar-refractivity contribution >= 4 is 23.0 Å². The molecule has 6 N–H and O–H groups in total. The van der Waals surface area contributed by atoms with Crippen molar-refractivity contribution in [3.05, 3.63) is 23.3 Å². The molecule has 0 aromatic heterocycles. The van der Waals surface area contributed by atoms with Gasteiger partial charge in [-0.25, -0.2) is 5.43 Å². The van der Waals surface area contributed by atoms with Crippen LogP contribution in [0, 0.1) is 5.92 Å². The van der Waals surface area contributed by atoms with E-state index in [2.05, 4.69) is 10.5 Å². The molecule has 1 aliphatic heterocycles. The number of nitrogens with two attached hydrogens (primary N) is 2. The van der Waals surface area contributed by atoms with Crippen LogP contribution in [-0.4, -0.2) is 23.3 Å². The first-order valence-electron chi connectivity index (χ1n) is 6.19. The second kappa shape index (κ2) is 5.27. The van der Waals surface area contributed by atoms with E-state index < -0.39 is 0 Å². The largest absolute Gasteiger partial charge is 0.397 e. The van der Waals surface area contributed by atoms with Crippen LogP contribution in [0.25, 0.3) is 0 Å². The number of hydrazone groups is 1. The smallest absolute Gasteiger partial charge is 0.240 e. The number of rotatable bonds is 3. The summed E-state index contributed by atoms with van der Waals surface area (Å²) in [5.41, 5.74) is 17.7. The van der Waals surface area contributed by atoms with Crippen LogP contribution in [0.1, 0.15) is 24.5 Å². The average Bonchev–Trinajstić information content (AvgIpc) is 2.37. The summed E-state index contributed by atoms with van der Waals surface area (Å²) in [7, 11) is 0. The highest BCUT2D eigenvalue weighted by molar-refractivity contribution is 6.10. The molecule has 1 heterocycles. The molecule has 102 valence electrons. The van der Waals surface area contributed by atoms with Crippen LogP contribution in [0.15, 0.2) is 17.2 Å². The van der Waals surface area contributed by atoms with Crippen LogP contribution in [0.3, 0.4) is 0 Å². The number of aliphatic hydroxyl groups is 1. The number of hydrogen-bond acceptors (Lipinski definition) is 5. The van der Waals surface area contributed by atoms with E-state index in [9.17, 15) is 4.79 Å². The van der Waals surface area contributed by atoms with Gasteiger partial charge in [-0.05, 0) is 12.0 Å². The van der Waals surface area contributed by atoms with Crippen molar-refractivity contribution in [1.29, 1.82) is 0 Å². The summed E-state index contributed by atoms with van der Waals surface area (Å²) < 4.78 is 0. The topological polar surface area (TPSA) is 114 Å². The molecule has 2 rings (SSSR count). The molecule has 0 saturated heterocycles. The van der Waals surface area contributed by atoms with Gasteiger partial charge < -0.3 is 16.6 Å². The number of nitrogens with zero attached hydrogens (tertiary/aromatic N) is 1. The second-order valence-corrected chi connectivity index (χ2v) is 4.71. The summed E-state index contributed by atoms with van der Waals surface area (Å²) in [6, 6.07) is 3.67. The fraction of sp³-hybridized carbons (Fsp3) is 0.385. The van der Waals surface area contributed by atoms with Crippen molar-refractivity contribution in [2.24, 2.45) is 11.0 Å². The zero-order chi connectivity index (χ0) is 14.0. The Kier molecular flexibility index (Phi) is 3.71. The van der Waals surface area contributed by atoms with E-state index in [4.69, 9.17) is 16.6 Å². The average molecular weight is 262 g/mol. The maximum Gasteiger partial charge on any atom is 0.240 e. The Morgan fingerprint density at radius 2 is 2.16 bits per heavy atom. The molecule has 0 radical (unpaired) electrons. The number of hydrogen-bond donors (Lipinski definition) is 4. The van der Waals surface area contributed by atoms with Crippen LogP contribution >= 0.6 is 0 Å². The minimum atomic E-state index is -0.0975. The Morgan fingerprint density at radius 3 is 2.79 bits per heavy atom. The van der Waals surface area contributed by atoms with E-state index in [0.717, 1.165) is 16.8 Å². The molecule has 1 amide bonds. The predicted octanol–water partition coefficient (Wildman–Crippen LogP) is 0.246. The Balaban J connectivity index is 2.41. The van der Waals surface area contributed by atoms with Crippen molar-refractivity contribution in [2.75, 3.05) is 18.1 Å². The number of carbonyl (C=O) groups excluding carboxylic acids is 1. The number of aliphatic hydroxyl groups excluding tert-OH is 1. The van der Waals surface area contributed by atoms with Gasteiger partial charge in [0.15, 0.2) is 0 Å². The molecule has 1 aromatic rings. The minimum Gasteiger partial charge on any atom is -0.397 e. The van der Waals surface area contributed by atoms with Crippen molar-refractivity contribution in [3.8, 4) is 0 Å². The molecule has 6 nitrogen and oxygen atoms in total. The molecule has 1 aromatic carbocycles. The minimum absolute atomic E-state index is 0.000795. The van der Waals surface area contributed by atoms with Crippen LogP contribution in [0.5, 0.6) is 0 Å². The van der Waals surface area contributed by atoms with E-state index >= 15 is 0 Å². The molecule has 1 unspecified atom stereocenters. The van der Waals surface area contributed by atoms with Gasteiger partial charge in [0.05, 0.1) is 17.1 Å². The van der Waals surface area contributed by atoms with Crippen molar-refractivity contribution < 1.29 is 9.90 Å². The lowest BCUT2D eigenvalue weighted by molar-refractivity contribution is -0.121. The summed E-state index contributed by atoms with van der Waals surface area (Å²) in [5, 5.41) is 13.0. The van der Waals surface area contributed by atoms with Gasteiger partial charge in [-0.1, -0.05) is 19.1 Å². The first-order chi connectivity index (χ1) is 9.04. The Hall–Kier alpha value is -2.08. The lowest BCUT2D eigenvalue weighted by atomic mass is 9.91. The maximum absolute atomic E-state index is 11.2. The number of anilines is 2. The van der Waals surface area contributed by atoms with Crippen molar-refractivity contribution in [2.45, 2.75) is 19.8 Å². The number of nitrogen functional groups attached to an aromatic ring is 2. The monoisotopic (exact) mass is 262 g/mol. The molecule has 19 heavy (non-hydrogen) atoms. The first-order valence-corrected chi connectivity index (χ1v) is 6.19. The van der Waals surface area contributed by atoms with Gasteiger partial charge in [0, 0.05) is 24.5 Å². The van der Waals surface area contributed by atoms with Crippen molar-refractivity contribution in [1.82, 2.24) is 5.43 Å². The Bertz CT molecular complexity index is 540. The maximum atomic E-state index is 11.2. The van der Waals surface area contributed by atoms with Gasteiger partial charge in [-0.15, -0.1) is 0 Å². The van der Waals surface area contributed by atoms with Gasteiger partial charge in [0.2, 0.25) is 5.91 Å². The van der Waals surface area contributed by atoms with Gasteiger partial charge in [0.1, 0.15) is 0 Å². The standard InChI is InChI=1S/C13H18N4O2/c1-7-6-10(19)16-17-13(7)9-3-2-8(4-5-18)11(14)12(9)15/h2-3,7,18H,4-6,14-15H2,1H3,(H,16,19). The molecule has 0 fully saturated rings. The van der Waals surface area contributed by atoms with Crippen LogP contribution < -0.4 is 16.9 Å². The molecule has 0 aliphatic carbocycles. The lowest BCUT2D eigenvalue weighted by Crippen LogP contribution is -2.32. The molecular weight excluding hydrogens is 244 g/mol. The normalized spacial score (nSPS) is 18.9. The van der Waals surface area contributed by atoms with Crippen LogP contribution in [0.2, 0.25) is 0 Å². The summed E-state index contributed by atoms with van der Waals surface area (Å²) in [6.07, 6.45) is 0.853.